The zero-order chi connectivity index (χ0) is 12.0. The third-order valence-corrected chi connectivity index (χ3v) is 4.42. The van der Waals surface area contributed by atoms with E-state index in [1.807, 2.05) is 6.20 Å². The Bertz CT molecular complexity index is 413. The van der Waals surface area contributed by atoms with E-state index in [-0.39, 0.29) is 6.04 Å². The van der Waals surface area contributed by atoms with Crippen molar-refractivity contribution in [3.63, 3.8) is 0 Å². The van der Waals surface area contributed by atoms with E-state index in [1.165, 1.54) is 36.9 Å². The van der Waals surface area contributed by atoms with E-state index in [0.29, 0.717) is 11.5 Å². The summed E-state index contributed by atoms with van der Waals surface area (Å²) in [6, 6.07) is 0.823. The molecule has 3 nitrogen and oxygen atoms in total. The Hall–Kier alpha value is -0.830. The lowest BCUT2D eigenvalue weighted by Gasteiger charge is -2.34. The van der Waals surface area contributed by atoms with E-state index < -0.39 is 0 Å². The molecule has 0 aromatic carbocycles. The molecule has 1 saturated carbocycles. The molecule has 0 aliphatic heterocycles. The first-order valence-electron chi connectivity index (χ1n) is 6.89. The average Bonchev–Trinajstić information content (AvgIpc) is 2.82. The number of hydrogen-bond donors (Lipinski definition) is 1. The predicted molar refractivity (Wildman–Crippen MR) is 68.8 cm³/mol. The summed E-state index contributed by atoms with van der Waals surface area (Å²) in [7, 11) is 0. The topological polar surface area (TPSA) is 43.8 Å². The number of rotatable bonds is 1. The summed E-state index contributed by atoms with van der Waals surface area (Å²) in [6.07, 6.45) is 9.54. The zero-order valence-corrected chi connectivity index (χ0v) is 10.9. The second kappa shape index (κ2) is 3.84. The molecule has 1 atom stereocenters. The number of aromatic nitrogens is 2. The molecule has 1 fully saturated rings. The van der Waals surface area contributed by atoms with E-state index in [1.54, 1.807) is 0 Å². The summed E-state index contributed by atoms with van der Waals surface area (Å²) in [6.45, 7) is 4.64. The summed E-state index contributed by atoms with van der Waals surface area (Å²) in [5, 5.41) is 4.63. The minimum Gasteiger partial charge on any atom is -0.324 e. The summed E-state index contributed by atoms with van der Waals surface area (Å²) in [4.78, 5) is 0. The van der Waals surface area contributed by atoms with Gasteiger partial charge in [0.15, 0.2) is 0 Å². The van der Waals surface area contributed by atoms with Gasteiger partial charge in [-0.25, -0.2) is 0 Å². The van der Waals surface area contributed by atoms with Crippen LogP contribution in [0.1, 0.15) is 69.3 Å². The molecular weight excluding hydrogens is 210 g/mol. The molecule has 0 amide bonds. The third kappa shape index (κ3) is 1.90. The first kappa shape index (κ1) is 11.3. The monoisotopic (exact) mass is 233 g/mol. The summed E-state index contributed by atoms with van der Waals surface area (Å²) in [5.41, 5.74) is 9.32. The highest BCUT2D eigenvalue weighted by Gasteiger charge is 2.34. The zero-order valence-electron chi connectivity index (χ0n) is 10.9. The van der Waals surface area contributed by atoms with Crippen LogP contribution in [0.25, 0.3) is 0 Å². The highest BCUT2D eigenvalue weighted by Crippen LogP contribution is 2.41. The van der Waals surface area contributed by atoms with Crippen LogP contribution in [0, 0.1) is 5.41 Å². The molecule has 0 spiro atoms. The van der Waals surface area contributed by atoms with Crippen LogP contribution in [0.2, 0.25) is 0 Å². The van der Waals surface area contributed by atoms with Gasteiger partial charge in [-0.15, -0.1) is 0 Å². The lowest BCUT2D eigenvalue weighted by atomic mass is 9.74. The van der Waals surface area contributed by atoms with Gasteiger partial charge in [-0.1, -0.05) is 26.7 Å². The van der Waals surface area contributed by atoms with Gasteiger partial charge in [0.05, 0.1) is 12.2 Å². The van der Waals surface area contributed by atoms with Gasteiger partial charge in [-0.2, -0.15) is 5.10 Å². The van der Waals surface area contributed by atoms with Crippen LogP contribution >= 0.6 is 0 Å². The van der Waals surface area contributed by atoms with E-state index in [0.717, 1.165) is 12.8 Å². The molecule has 0 bridgehead atoms. The summed E-state index contributed by atoms with van der Waals surface area (Å²) in [5.74, 6) is 0. The molecule has 1 heterocycles. The third-order valence-electron chi connectivity index (χ3n) is 4.42. The quantitative estimate of drug-likeness (QED) is 0.810. The minimum absolute atomic E-state index is 0.184. The van der Waals surface area contributed by atoms with E-state index in [9.17, 15) is 0 Å². The maximum Gasteiger partial charge on any atom is 0.0540 e. The molecule has 94 valence electrons. The van der Waals surface area contributed by atoms with Crippen molar-refractivity contribution < 1.29 is 0 Å². The van der Waals surface area contributed by atoms with Gasteiger partial charge in [-0.05, 0) is 31.1 Å². The molecule has 3 heteroatoms. The fraction of sp³-hybridized carbons (Fsp3) is 0.786. The van der Waals surface area contributed by atoms with Crippen molar-refractivity contribution in [3.05, 3.63) is 17.5 Å². The van der Waals surface area contributed by atoms with Crippen LogP contribution in [0.5, 0.6) is 0 Å². The Kier molecular flexibility index (Phi) is 2.54. The molecular formula is C14H23N3. The Morgan fingerprint density at radius 2 is 2.06 bits per heavy atom. The highest BCUT2D eigenvalue weighted by atomic mass is 15.3. The molecule has 2 N–H and O–H groups in total. The second-order valence-electron chi connectivity index (χ2n) is 6.58. The van der Waals surface area contributed by atoms with Crippen LogP contribution in [-0.4, -0.2) is 9.78 Å². The Morgan fingerprint density at radius 1 is 1.35 bits per heavy atom. The molecule has 1 aromatic rings. The molecule has 1 unspecified atom stereocenters. The van der Waals surface area contributed by atoms with Crippen LogP contribution < -0.4 is 5.73 Å². The van der Waals surface area contributed by atoms with E-state index in [2.05, 4.69) is 23.6 Å². The molecule has 17 heavy (non-hydrogen) atoms. The fourth-order valence-corrected chi connectivity index (χ4v) is 3.59. The predicted octanol–water partition coefficient (Wildman–Crippen LogP) is 2.97. The van der Waals surface area contributed by atoms with E-state index >= 15 is 0 Å². The average molecular weight is 233 g/mol. The largest absolute Gasteiger partial charge is 0.324 e. The van der Waals surface area contributed by atoms with Gasteiger partial charge in [0, 0.05) is 17.3 Å². The van der Waals surface area contributed by atoms with Gasteiger partial charge < -0.3 is 5.73 Å². The standard InChI is InChI=1S/C14H23N3/c1-14(2)7-12(15)11-9-16-17(13(11)8-14)10-5-3-4-6-10/h9-10,12H,3-8,15H2,1-2H3. The fourth-order valence-electron chi connectivity index (χ4n) is 3.59. The molecule has 3 rings (SSSR count). The van der Waals surface area contributed by atoms with Crippen molar-refractivity contribution in [2.75, 3.05) is 0 Å². The molecule has 1 aromatic heterocycles. The molecule has 0 radical (unpaired) electrons. The van der Waals surface area contributed by atoms with Crippen molar-refractivity contribution in [1.82, 2.24) is 9.78 Å². The van der Waals surface area contributed by atoms with Crippen molar-refractivity contribution in [2.45, 2.75) is 64.5 Å². The normalized spacial score (nSPS) is 28.3. The molecule has 2 aliphatic rings. The lowest BCUT2D eigenvalue weighted by molar-refractivity contribution is 0.269. The summed E-state index contributed by atoms with van der Waals surface area (Å²) < 4.78 is 2.29. The number of fused-ring (bicyclic) bond motifs is 1. The second-order valence-corrected chi connectivity index (χ2v) is 6.58. The number of hydrogen-bond acceptors (Lipinski definition) is 2. The lowest BCUT2D eigenvalue weighted by Crippen LogP contribution is -2.31. The molecule has 2 aliphatic carbocycles. The van der Waals surface area contributed by atoms with Crippen molar-refractivity contribution in [2.24, 2.45) is 11.1 Å². The first-order chi connectivity index (χ1) is 8.07. The van der Waals surface area contributed by atoms with Crippen LogP contribution in [0.3, 0.4) is 0 Å². The van der Waals surface area contributed by atoms with Crippen LogP contribution in [-0.2, 0) is 6.42 Å². The Balaban J connectivity index is 1.98. The maximum absolute atomic E-state index is 6.28. The Labute approximate surface area is 103 Å². The van der Waals surface area contributed by atoms with Crippen LogP contribution in [0.4, 0.5) is 0 Å². The summed E-state index contributed by atoms with van der Waals surface area (Å²) >= 11 is 0. The number of nitrogens with zero attached hydrogens (tertiary/aromatic N) is 2. The van der Waals surface area contributed by atoms with E-state index in [4.69, 9.17) is 5.73 Å². The number of nitrogens with two attached hydrogens (primary N) is 1. The van der Waals surface area contributed by atoms with Gasteiger partial charge in [0.2, 0.25) is 0 Å². The van der Waals surface area contributed by atoms with Crippen LogP contribution in [0.15, 0.2) is 6.20 Å². The van der Waals surface area contributed by atoms with Crippen molar-refractivity contribution in [1.29, 1.82) is 0 Å². The van der Waals surface area contributed by atoms with Crippen molar-refractivity contribution in [3.8, 4) is 0 Å². The molecule has 0 saturated heterocycles. The van der Waals surface area contributed by atoms with Gasteiger partial charge in [-0.3, -0.25) is 4.68 Å². The van der Waals surface area contributed by atoms with Gasteiger partial charge >= 0.3 is 0 Å². The first-order valence-corrected chi connectivity index (χ1v) is 6.89. The minimum atomic E-state index is 0.184. The van der Waals surface area contributed by atoms with Gasteiger partial charge in [0.25, 0.3) is 0 Å². The SMILES string of the molecule is CC1(C)Cc2c(cnn2C2CCCC2)C(N)C1. The van der Waals surface area contributed by atoms with Crippen molar-refractivity contribution >= 4 is 0 Å². The maximum atomic E-state index is 6.28. The smallest absolute Gasteiger partial charge is 0.0540 e. The Morgan fingerprint density at radius 3 is 2.76 bits per heavy atom. The van der Waals surface area contributed by atoms with Gasteiger partial charge in [0.1, 0.15) is 0 Å². The highest BCUT2D eigenvalue weighted by molar-refractivity contribution is 5.27.